The smallest absolute Gasteiger partial charge is 0.195 e. The Hall–Kier alpha value is -4.03. The summed E-state index contributed by atoms with van der Waals surface area (Å²) < 4.78 is 0. The SMILES string of the molecule is Cc1ccc(C(=O)c2cc(C#N)c(-c3ccc(C)cc3)nc2-c2c(C)cc(C)cc2C)cc1. The molecule has 33 heavy (non-hydrogen) atoms. The predicted molar refractivity (Wildman–Crippen MR) is 133 cm³/mol. The minimum Gasteiger partial charge on any atom is -0.289 e. The van der Waals surface area contributed by atoms with Crippen LogP contribution in [0.3, 0.4) is 0 Å². The molecule has 0 bridgehead atoms. The van der Waals surface area contributed by atoms with Gasteiger partial charge >= 0.3 is 0 Å². The van der Waals surface area contributed by atoms with Gasteiger partial charge in [-0.25, -0.2) is 4.98 Å². The quantitative estimate of drug-likeness (QED) is 0.326. The summed E-state index contributed by atoms with van der Waals surface area (Å²) in [4.78, 5) is 18.6. The minimum atomic E-state index is -0.135. The van der Waals surface area contributed by atoms with Gasteiger partial charge < -0.3 is 0 Å². The topological polar surface area (TPSA) is 53.8 Å². The van der Waals surface area contributed by atoms with Crippen LogP contribution in [0.25, 0.3) is 22.5 Å². The van der Waals surface area contributed by atoms with E-state index in [9.17, 15) is 10.1 Å². The van der Waals surface area contributed by atoms with Gasteiger partial charge in [-0.05, 0) is 51.8 Å². The van der Waals surface area contributed by atoms with E-state index in [1.54, 1.807) is 6.07 Å². The Morgan fingerprint density at radius 2 is 1.27 bits per heavy atom. The summed E-state index contributed by atoms with van der Waals surface area (Å²) in [5.74, 6) is -0.135. The van der Waals surface area contributed by atoms with Gasteiger partial charge in [-0.3, -0.25) is 4.79 Å². The number of hydrogen-bond acceptors (Lipinski definition) is 3. The van der Waals surface area contributed by atoms with E-state index in [-0.39, 0.29) is 5.78 Å². The first-order valence-corrected chi connectivity index (χ1v) is 11.0. The second kappa shape index (κ2) is 8.84. The third-order valence-electron chi connectivity index (χ3n) is 5.94. The minimum absolute atomic E-state index is 0.135. The Morgan fingerprint density at radius 1 is 0.727 bits per heavy atom. The molecular formula is C30H26N2O. The highest BCUT2D eigenvalue weighted by molar-refractivity contribution is 6.13. The van der Waals surface area contributed by atoms with Gasteiger partial charge in [0.05, 0.1) is 22.5 Å². The van der Waals surface area contributed by atoms with E-state index in [2.05, 4.69) is 25.1 Å². The van der Waals surface area contributed by atoms with Gasteiger partial charge in [0, 0.05) is 16.7 Å². The number of aryl methyl sites for hydroxylation is 5. The van der Waals surface area contributed by atoms with E-state index in [4.69, 9.17) is 4.98 Å². The van der Waals surface area contributed by atoms with Gasteiger partial charge in [0.15, 0.2) is 5.78 Å². The summed E-state index contributed by atoms with van der Waals surface area (Å²) in [7, 11) is 0. The lowest BCUT2D eigenvalue weighted by Gasteiger charge is -2.17. The number of carbonyl (C=O) groups excluding carboxylic acids is 1. The van der Waals surface area contributed by atoms with E-state index in [0.717, 1.165) is 38.9 Å². The largest absolute Gasteiger partial charge is 0.289 e. The molecule has 0 saturated heterocycles. The molecule has 0 atom stereocenters. The van der Waals surface area contributed by atoms with Crippen molar-refractivity contribution in [1.29, 1.82) is 5.26 Å². The van der Waals surface area contributed by atoms with Crippen molar-refractivity contribution in [3.8, 4) is 28.6 Å². The number of benzene rings is 3. The van der Waals surface area contributed by atoms with Crippen LogP contribution in [-0.2, 0) is 0 Å². The van der Waals surface area contributed by atoms with Gasteiger partial charge in [-0.2, -0.15) is 5.26 Å². The van der Waals surface area contributed by atoms with Crippen molar-refractivity contribution in [1.82, 2.24) is 4.98 Å². The zero-order chi connectivity index (χ0) is 23.7. The van der Waals surface area contributed by atoms with E-state index in [1.807, 2.05) is 76.2 Å². The van der Waals surface area contributed by atoms with Crippen molar-refractivity contribution < 1.29 is 4.79 Å². The number of ketones is 1. The highest BCUT2D eigenvalue weighted by atomic mass is 16.1. The van der Waals surface area contributed by atoms with Gasteiger partial charge in [-0.15, -0.1) is 0 Å². The summed E-state index contributed by atoms with van der Waals surface area (Å²) in [5.41, 5.74) is 9.90. The molecule has 3 aromatic carbocycles. The van der Waals surface area contributed by atoms with Crippen LogP contribution in [0, 0.1) is 45.9 Å². The number of nitrogens with zero attached hydrogens (tertiary/aromatic N) is 2. The Balaban J connectivity index is 2.03. The summed E-state index contributed by atoms with van der Waals surface area (Å²) in [6.07, 6.45) is 0. The fraction of sp³-hybridized carbons (Fsp3) is 0.167. The number of carbonyl (C=O) groups is 1. The molecule has 0 unspecified atom stereocenters. The third kappa shape index (κ3) is 4.33. The van der Waals surface area contributed by atoms with Crippen LogP contribution >= 0.6 is 0 Å². The Labute approximate surface area is 195 Å². The van der Waals surface area contributed by atoms with Crippen LogP contribution in [0.2, 0.25) is 0 Å². The summed E-state index contributed by atoms with van der Waals surface area (Å²) in [5, 5.41) is 9.95. The summed E-state index contributed by atoms with van der Waals surface area (Å²) >= 11 is 0. The second-order valence-electron chi connectivity index (χ2n) is 8.73. The molecule has 0 radical (unpaired) electrons. The maximum Gasteiger partial charge on any atom is 0.195 e. The zero-order valence-corrected chi connectivity index (χ0v) is 19.7. The number of hydrogen-bond donors (Lipinski definition) is 0. The van der Waals surface area contributed by atoms with Crippen LogP contribution in [-0.4, -0.2) is 10.8 Å². The van der Waals surface area contributed by atoms with Crippen molar-refractivity contribution in [3.05, 3.63) is 111 Å². The van der Waals surface area contributed by atoms with Gasteiger partial charge in [0.2, 0.25) is 0 Å². The maximum absolute atomic E-state index is 13.7. The van der Waals surface area contributed by atoms with Crippen LogP contribution in [0.5, 0.6) is 0 Å². The van der Waals surface area contributed by atoms with Crippen LogP contribution in [0.1, 0.15) is 49.3 Å². The Bertz CT molecular complexity index is 1380. The molecule has 1 aromatic heterocycles. The normalized spacial score (nSPS) is 10.7. The predicted octanol–water partition coefficient (Wildman–Crippen LogP) is 7.06. The molecule has 0 aliphatic carbocycles. The lowest BCUT2D eigenvalue weighted by atomic mass is 9.90. The highest BCUT2D eigenvalue weighted by Gasteiger charge is 2.23. The first-order chi connectivity index (χ1) is 15.8. The van der Waals surface area contributed by atoms with Gasteiger partial charge in [0.1, 0.15) is 6.07 Å². The summed E-state index contributed by atoms with van der Waals surface area (Å²) in [6, 6.07) is 23.6. The molecule has 3 nitrogen and oxygen atoms in total. The monoisotopic (exact) mass is 430 g/mol. The maximum atomic E-state index is 13.7. The lowest BCUT2D eigenvalue weighted by molar-refractivity contribution is 0.103. The molecule has 1 heterocycles. The Morgan fingerprint density at radius 3 is 1.82 bits per heavy atom. The molecule has 0 spiro atoms. The molecule has 162 valence electrons. The van der Waals surface area contributed by atoms with Crippen molar-refractivity contribution in [2.45, 2.75) is 34.6 Å². The number of rotatable bonds is 4. The van der Waals surface area contributed by atoms with Crippen molar-refractivity contribution in [2.24, 2.45) is 0 Å². The van der Waals surface area contributed by atoms with Crippen LogP contribution in [0.4, 0.5) is 0 Å². The van der Waals surface area contributed by atoms with E-state index in [0.29, 0.717) is 28.1 Å². The van der Waals surface area contributed by atoms with Crippen molar-refractivity contribution >= 4 is 5.78 Å². The van der Waals surface area contributed by atoms with Gasteiger partial charge in [-0.1, -0.05) is 77.4 Å². The molecule has 0 aliphatic heterocycles. The lowest BCUT2D eigenvalue weighted by Crippen LogP contribution is -2.09. The zero-order valence-electron chi connectivity index (χ0n) is 19.7. The molecule has 4 rings (SSSR count). The van der Waals surface area contributed by atoms with Crippen LogP contribution in [0.15, 0.2) is 66.7 Å². The number of nitriles is 1. The first kappa shape index (κ1) is 22.2. The van der Waals surface area contributed by atoms with Crippen molar-refractivity contribution in [3.63, 3.8) is 0 Å². The van der Waals surface area contributed by atoms with Crippen LogP contribution < -0.4 is 0 Å². The summed E-state index contributed by atoms with van der Waals surface area (Å²) in [6.45, 7) is 10.2. The first-order valence-electron chi connectivity index (χ1n) is 11.0. The van der Waals surface area contributed by atoms with Gasteiger partial charge in [0.25, 0.3) is 0 Å². The molecule has 4 aromatic rings. The number of pyridine rings is 1. The number of aromatic nitrogens is 1. The van der Waals surface area contributed by atoms with E-state index < -0.39 is 0 Å². The van der Waals surface area contributed by atoms with Crippen molar-refractivity contribution in [2.75, 3.05) is 0 Å². The molecule has 3 heteroatoms. The molecule has 0 fully saturated rings. The molecule has 0 saturated carbocycles. The van der Waals surface area contributed by atoms with E-state index in [1.165, 1.54) is 0 Å². The average molecular weight is 431 g/mol. The average Bonchev–Trinajstić information content (AvgIpc) is 2.78. The Kier molecular flexibility index (Phi) is 5.94. The fourth-order valence-electron chi connectivity index (χ4n) is 4.31. The standard InChI is InChI=1S/C30H26N2O/c1-18-6-10-23(11-7-18)28-25(17-31)16-26(30(33)24-12-8-19(2)9-13-24)29(32-28)27-21(4)14-20(3)15-22(27)5/h6-16H,1-5H3. The third-order valence-corrected chi connectivity index (χ3v) is 5.94. The molecule has 0 N–H and O–H groups in total. The fourth-order valence-corrected chi connectivity index (χ4v) is 4.31. The molecule has 0 aliphatic rings. The van der Waals surface area contributed by atoms with E-state index >= 15 is 0 Å². The highest BCUT2D eigenvalue weighted by Crippen LogP contribution is 2.35. The molecule has 0 amide bonds. The molecular weight excluding hydrogens is 404 g/mol. The second-order valence-corrected chi connectivity index (χ2v) is 8.73.